The summed E-state index contributed by atoms with van der Waals surface area (Å²) < 4.78 is 14.9. The van der Waals surface area contributed by atoms with Gasteiger partial charge in [-0.05, 0) is 50.7 Å². The molecule has 1 atom stereocenters. The maximum atomic E-state index is 13.1. The number of hydrogen-bond donors (Lipinski definition) is 0. The van der Waals surface area contributed by atoms with E-state index in [1.54, 1.807) is 17.8 Å². The molecule has 0 amide bonds. The molecular weight excluding hydrogens is 450 g/mol. The minimum atomic E-state index is -0.0300. The van der Waals surface area contributed by atoms with Crippen LogP contribution < -0.4 is 10.4 Å². The molecule has 0 aliphatic carbocycles. The Morgan fingerprint density at radius 2 is 1.97 bits per heavy atom. The van der Waals surface area contributed by atoms with Crippen molar-refractivity contribution in [2.45, 2.75) is 18.9 Å². The highest BCUT2D eigenvalue weighted by molar-refractivity contribution is 7.59. The van der Waals surface area contributed by atoms with Crippen molar-refractivity contribution in [1.82, 2.24) is 24.0 Å². The van der Waals surface area contributed by atoms with Crippen molar-refractivity contribution in [2.24, 2.45) is 7.05 Å². The topological polar surface area (TPSA) is 74.4 Å². The second-order valence-electron chi connectivity index (χ2n) is 8.84. The van der Waals surface area contributed by atoms with Gasteiger partial charge in [-0.25, -0.2) is 9.78 Å². The number of fused-ring (bicyclic) bond motifs is 3. The number of benzene rings is 1. The molecule has 0 N–H and O–H groups in total. The SMILES string of the molecule is CN(C)CCCOc1ccc(-c2ccc3ncc4c(c3c2)n([C@H]2CCOC2)c(=O)n4C)cn1.S. The van der Waals surface area contributed by atoms with E-state index in [0.29, 0.717) is 25.7 Å². The summed E-state index contributed by atoms with van der Waals surface area (Å²) in [5.74, 6) is 0.625. The van der Waals surface area contributed by atoms with Crippen molar-refractivity contribution >= 4 is 35.4 Å². The predicted octanol–water partition coefficient (Wildman–Crippen LogP) is 3.35. The van der Waals surface area contributed by atoms with Crippen LogP contribution in [0.4, 0.5) is 0 Å². The van der Waals surface area contributed by atoms with Crippen molar-refractivity contribution in [3.8, 4) is 17.0 Å². The third-order valence-electron chi connectivity index (χ3n) is 6.26. The Balaban J connectivity index is 0.00000274. The molecule has 1 aromatic carbocycles. The van der Waals surface area contributed by atoms with Gasteiger partial charge >= 0.3 is 5.69 Å². The van der Waals surface area contributed by atoms with Crippen LogP contribution in [-0.4, -0.2) is 64.5 Å². The zero-order valence-corrected chi connectivity index (χ0v) is 20.8. The molecule has 0 spiro atoms. The van der Waals surface area contributed by atoms with E-state index in [1.165, 1.54) is 0 Å². The zero-order chi connectivity index (χ0) is 22.9. The van der Waals surface area contributed by atoms with Crippen LogP contribution >= 0.6 is 13.5 Å². The smallest absolute Gasteiger partial charge is 0.329 e. The Bertz CT molecular complexity index is 1340. The average Bonchev–Trinajstić information content (AvgIpc) is 3.44. The first-order valence-corrected chi connectivity index (χ1v) is 11.3. The van der Waals surface area contributed by atoms with E-state index < -0.39 is 0 Å². The summed E-state index contributed by atoms with van der Waals surface area (Å²) in [5.41, 5.74) is 4.59. The minimum absolute atomic E-state index is 0. The molecule has 0 radical (unpaired) electrons. The molecule has 34 heavy (non-hydrogen) atoms. The summed E-state index contributed by atoms with van der Waals surface area (Å²) in [7, 11) is 5.90. The van der Waals surface area contributed by atoms with Crippen LogP contribution in [0, 0.1) is 0 Å². The highest BCUT2D eigenvalue weighted by Gasteiger charge is 2.25. The van der Waals surface area contributed by atoms with Crippen LogP contribution in [-0.2, 0) is 11.8 Å². The van der Waals surface area contributed by atoms with Crippen molar-refractivity contribution in [3.63, 3.8) is 0 Å². The van der Waals surface area contributed by atoms with Gasteiger partial charge in [0.2, 0.25) is 5.88 Å². The van der Waals surface area contributed by atoms with Gasteiger partial charge in [-0.15, -0.1) is 0 Å². The number of aryl methyl sites for hydroxylation is 1. The predicted molar refractivity (Wildman–Crippen MR) is 139 cm³/mol. The van der Waals surface area contributed by atoms with E-state index in [0.717, 1.165) is 52.4 Å². The molecule has 4 aromatic rings. The summed E-state index contributed by atoms with van der Waals surface area (Å²) in [6.45, 7) is 2.86. The lowest BCUT2D eigenvalue weighted by Crippen LogP contribution is -2.26. The van der Waals surface area contributed by atoms with Gasteiger partial charge in [-0.2, -0.15) is 13.5 Å². The van der Waals surface area contributed by atoms with E-state index in [2.05, 4.69) is 35.0 Å². The molecular formula is C25H31N5O3S. The number of aromatic nitrogens is 4. The van der Waals surface area contributed by atoms with Gasteiger partial charge in [0.25, 0.3) is 0 Å². The third-order valence-corrected chi connectivity index (χ3v) is 6.26. The molecule has 8 nitrogen and oxygen atoms in total. The Kier molecular flexibility index (Phi) is 7.25. The van der Waals surface area contributed by atoms with Crippen LogP contribution in [0.2, 0.25) is 0 Å². The molecule has 1 aliphatic rings. The second-order valence-corrected chi connectivity index (χ2v) is 8.84. The van der Waals surface area contributed by atoms with Gasteiger partial charge in [-0.3, -0.25) is 14.1 Å². The van der Waals surface area contributed by atoms with Crippen molar-refractivity contribution in [2.75, 3.05) is 40.5 Å². The monoisotopic (exact) mass is 481 g/mol. The highest BCUT2D eigenvalue weighted by Crippen LogP contribution is 2.31. The quantitative estimate of drug-likeness (QED) is 0.377. The van der Waals surface area contributed by atoms with Gasteiger partial charge < -0.3 is 14.4 Å². The van der Waals surface area contributed by atoms with E-state index in [-0.39, 0.29) is 25.2 Å². The lowest BCUT2D eigenvalue weighted by molar-refractivity contribution is 0.186. The Morgan fingerprint density at radius 3 is 2.68 bits per heavy atom. The lowest BCUT2D eigenvalue weighted by atomic mass is 10.0. The zero-order valence-electron chi connectivity index (χ0n) is 19.8. The summed E-state index contributed by atoms with van der Waals surface area (Å²) in [6, 6.07) is 10.1. The molecule has 3 aromatic heterocycles. The third kappa shape index (κ3) is 4.55. The number of imidazole rings is 1. The molecule has 9 heteroatoms. The average molecular weight is 482 g/mol. The number of pyridine rings is 2. The fourth-order valence-corrected chi connectivity index (χ4v) is 4.47. The first-order valence-electron chi connectivity index (χ1n) is 11.3. The van der Waals surface area contributed by atoms with Crippen molar-refractivity contribution in [3.05, 3.63) is 53.2 Å². The summed E-state index contributed by atoms with van der Waals surface area (Å²) in [5, 5.41) is 0.957. The maximum absolute atomic E-state index is 13.1. The van der Waals surface area contributed by atoms with Crippen molar-refractivity contribution < 1.29 is 9.47 Å². The van der Waals surface area contributed by atoms with Gasteiger partial charge in [0.05, 0.1) is 42.0 Å². The van der Waals surface area contributed by atoms with E-state index >= 15 is 0 Å². The van der Waals surface area contributed by atoms with Crippen LogP contribution in [0.25, 0.3) is 33.1 Å². The number of rotatable bonds is 7. The molecule has 1 fully saturated rings. The number of ether oxygens (including phenoxy) is 2. The number of hydrogen-bond acceptors (Lipinski definition) is 6. The fraction of sp³-hybridized carbons (Fsp3) is 0.400. The normalized spacial score (nSPS) is 15.8. The molecule has 1 aliphatic heterocycles. The standard InChI is InChI=1S/C25H29N5O3.H2S/c1-28(2)10-4-11-33-23-8-6-18(14-27-23)17-5-7-21-20(13-17)24-22(15-26-21)29(3)25(31)30(24)19-9-12-32-16-19;/h5-8,13-15,19H,4,9-12,16H2,1-3H3;1H2/t19-;/m0./s1. The molecule has 5 rings (SSSR count). The molecule has 0 saturated carbocycles. The summed E-state index contributed by atoms with van der Waals surface area (Å²) in [4.78, 5) is 24.3. The molecule has 180 valence electrons. The van der Waals surface area contributed by atoms with Gasteiger partial charge in [0.1, 0.15) is 0 Å². The summed E-state index contributed by atoms with van der Waals surface area (Å²) >= 11 is 0. The van der Waals surface area contributed by atoms with Gasteiger partial charge in [0.15, 0.2) is 0 Å². The lowest BCUT2D eigenvalue weighted by Gasteiger charge is -2.12. The molecule has 0 bridgehead atoms. The molecule has 0 unspecified atom stereocenters. The van der Waals surface area contributed by atoms with Crippen LogP contribution in [0.3, 0.4) is 0 Å². The van der Waals surface area contributed by atoms with E-state index in [4.69, 9.17) is 9.47 Å². The van der Waals surface area contributed by atoms with Crippen LogP contribution in [0.1, 0.15) is 18.9 Å². The number of nitrogens with zero attached hydrogens (tertiary/aromatic N) is 5. The van der Waals surface area contributed by atoms with Gasteiger partial charge in [0, 0.05) is 43.4 Å². The highest BCUT2D eigenvalue weighted by atomic mass is 32.1. The summed E-state index contributed by atoms with van der Waals surface area (Å²) in [6.07, 6.45) is 5.41. The van der Waals surface area contributed by atoms with Crippen molar-refractivity contribution in [1.29, 1.82) is 0 Å². The van der Waals surface area contributed by atoms with Crippen LogP contribution in [0.5, 0.6) is 5.88 Å². The molecule has 4 heterocycles. The van der Waals surface area contributed by atoms with E-state index in [9.17, 15) is 4.79 Å². The van der Waals surface area contributed by atoms with Crippen LogP contribution in [0.15, 0.2) is 47.5 Å². The largest absolute Gasteiger partial charge is 0.478 e. The minimum Gasteiger partial charge on any atom is -0.478 e. The fourth-order valence-electron chi connectivity index (χ4n) is 4.47. The van der Waals surface area contributed by atoms with Gasteiger partial charge in [-0.1, -0.05) is 6.07 Å². The second kappa shape index (κ2) is 10.2. The van der Waals surface area contributed by atoms with E-state index in [1.807, 2.05) is 35.0 Å². The first kappa shape index (κ1) is 24.3. The molecule has 1 saturated heterocycles. The first-order chi connectivity index (χ1) is 16.0. The maximum Gasteiger partial charge on any atom is 0.329 e. The Hall–Kier alpha value is -2.88. The Morgan fingerprint density at radius 1 is 1.15 bits per heavy atom. The Labute approximate surface area is 205 Å².